The number of esters is 1. The lowest BCUT2D eigenvalue weighted by molar-refractivity contribution is -0.289. The molecule has 1 fully saturated rings. The molecule has 2 unspecified atom stereocenters. The summed E-state index contributed by atoms with van der Waals surface area (Å²) in [6.07, 6.45) is -1.35. The van der Waals surface area contributed by atoms with E-state index in [1.807, 2.05) is 0 Å². The van der Waals surface area contributed by atoms with Gasteiger partial charge in [0.05, 0.1) is 0 Å². The molecular weight excluding hydrogens is 182 g/mol. The summed E-state index contributed by atoms with van der Waals surface area (Å²) in [5.41, 5.74) is 0. The van der Waals surface area contributed by atoms with E-state index in [0.29, 0.717) is 0 Å². The smallest absolute Gasteiger partial charge is 0.330 e. The van der Waals surface area contributed by atoms with E-state index in [1.165, 1.54) is 6.92 Å². The third kappa shape index (κ3) is 2.03. The van der Waals surface area contributed by atoms with Gasteiger partial charge in [-0.05, 0) is 6.92 Å². The number of ether oxygens (including phenoxy) is 2. The van der Waals surface area contributed by atoms with E-state index in [4.69, 9.17) is 0 Å². The van der Waals surface area contributed by atoms with Gasteiger partial charge in [-0.15, -0.1) is 0 Å². The van der Waals surface area contributed by atoms with E-state index in [-0.39, 0.29) is 0 Å². The standard InChI is InChI=1S/C8H10F2O3/c1-3-6(11)13-5(2)7-8(9,10)4-12-7/h3,5,7H,1,4H2,2H3. The normalized spacial score (nSPS) is 27.2. The van der Waals surface area contributed by atoms with Crippen molar-refractivity contribution in [2.75, 3.05) is 6.61 Å². The van der Waals surface area contributed by atoms with E-state index in [0.717, 1.165) is 6.08 Å². The number of halogens is 2. The summed E-state index contributed by atoms with van der Waals surface area (Å²) in [6, 6.07) is 0. The van der Waals surface area contributed by atoms with Crippen LogP contribution in [0.5, 0.6) is 0 Å². The molecular formula is C8H10F2O3. The number of alkyl halides is 2. The third-order valence-electron chi connectivity index (χ3n) is 1.77. The van der Waals surface area contributed by atoms with Gasteiger partial charge in [-0.25, -0.2) is 13.6 Å². The number of hydrogen-bond donors (Lipinski definition) is 0. The third-order valence-corrected chi connectivity index (χ3v) is 1.77. The van der Waals surface area contributed by atoms with Gasteiger partial charge >= 0.3 is 5.97 Å². The van der Waals surface area contributed by atoms with Crippen LogP contribution in [0.2, 0.25) is 0 Å². The Bertz CT molecular complexity index is 227. The lowest BCUT2D eigenvalue weighted by Gasteiger charge is -2.39. The van der Waals surface area contributed by atoms with Gasteiger partial charge in [-0.2, -0.15) is 0 Å². The van der Waals surface area contributed by atoms with E-state index in [1.54, 1.807) is 0 Å². The molecule has 2 atom stereocenters. The fourth-order valence-electron chi connectivity index (χ4n) is 1.08. The minimum Gasteiger partial charge on any atom is -0.457 e. The van der Waals surface area contributed by atoms with Crippen LogP contribution in [-0.4, -0.2) is 30.7 Å². The zero-order valence-corrected chi connectivity index (χ0v) is 7.13. The SMILES string of the molecule is C=CC(=O)OC(C)C1OCC1(F)F. The topological polar surface area (TPSA) is 35.5 Å². The van der Waals surface area contributed by atoms with Crippen molar-refractivity contribution in [1.82, 2.24) is 0 Å². The summed E-state index contributed by atoms with van der Waals surface area (Å²) >= 11 is 0. The molecule has 0 aromatic rings. The van der Waals surface area contributed by atoms with Crippen LogP contribution in [0.4, 0.5) is 8.78 Å². The molecule has 1 aliphatic rings. The molecule has 0 radical (unpaired) electrons. The highest BCUT2D eigenvalue weighted by Crippen LogP contribution is 2.34. The van der Waals surface area contributed by atoms with Gasteiger partial charge in [-0.3, -0.25) is 0 Å². The Morgan fingerprint density at radius 3 is 2.77 bits per heavy atom. The maximum Gasteiger partial charge on any atom is 0.330 e. The number of hydrogen-bond acceptors (Lipinski definition) is 3. The highest BCUT2D eigenvalue weighted by Gasteiger charge is 2.54. The molecule has 0 saturated carbocycles. The molecule has 0 aliphatic carbocycles. The Morgan fingerprint density at radius 1 is 1.85 bits per heavy atom. The molecule has 1 heterocycles. The molecule has 0 aromatic heterocycles. The van der Waals surface area contributed by atoms with Crippen molar-refractivity contribution in [1.29, 1.82) is 0 Å². The lowest BCUT2D eigenvalue weighted by atomic mass is 10.0. The van der Waals surface area contributed by atoms with Crippen molar-refractivity contribution < 1.29 is 23.0 Å². The second-order valence-corrected chi connectivity index (χ2v) is 2.84. The van der Waals surface area contributed by atoms with E-state index in [2.05, 4.69) is 16.1 Å². The average Bonchev–Trinajstić information content (AvgIpc) is 2.02. The fraction of sp³-hybridized carbons (Fsp3) is 0.625. The summed E-state index contributed by atoms with van der Waals surface area (Å²) < 4.78 is 34.5. The molecule has 0 aromatic carbocycles. The number of carbonyl (C=O) groups excluding carboxylic acids is 1. The van der Waals surface area contributed by atoms with Gasteiger partial charge in [0.1, 0.15) is 12.7 Å². The Labute approximate surface area is 74.3 Å². The van der Waals surface area contributed by atoms with Gasteiger partial charge < -0.3 is 9.47 Å². The van der Waals surface area contributed by atoms with E-state index >= 15 is 0 Å². The monoisotopic (exact) mass is 192 g/mol. The second kappa shape index (κ2) is 3.41. The van der Waals surface area contributed by atoms with Crippen LogP contribution in [0, 0.1) is 0 Å². The molecule has 13 heavy (non-hydrogen) atoms. The predicted molar refractivity (Wildman–Crippen MR) is 40.4 cm³/mol. The van der Waals surface area contributed by atoms with Gasteiger partial charge in [0.25, 0.3) is 5.92 Å². The van der Waals surface area contributed by atoms with Crippen LogP contribution in [0.15, 0.2) is 12.7 Å². The Hall–Kier alpha value is -0.970. The minimum absolute atomic E-state index is 0.604. The summed E-state index contributed by atoms with van der Waals surface area (Å²) in [5, 5.41) is 0. The molecule has 0 bridgehead atoms. The summed E-state index contributed by atoms with van der Waals surface area (Å²) in [4.78, 5) is 10.6. The van der Waals surface area contributed by atoms with Crippen molar-refractivity contribution in [3.05, 3.63) is 12.7 Å². The highest BCUT2D eigenvalue weighted by atomic mass is 19.3. The molecule has 5 heteroatoms. The van der Waals surface area contributed by atoms with Crippen molar-refractivity contribution in [2.24, 2.45) is 0 Å². The number of rotatable bonds is 3. The Balaban J connectivity index is 2.44. The molecule has 1 rings (SSSR count). The molecule has 0 amide bonds. The van der Waals surface area contributed by atoms with Crippen molar-refractivity contribution in [3.8, 4) is 0 Å². The van der Waals surface area contributed by atoms with E-state index < -0.39 is 30.7 Å². The molecule has 1 aliphatic heterocycles. The average molecular weight is 192 g/mol. The van der Waals surface area contributed by atoms with E-state index in [9.17, 15) is 13.6 Å². The molecule has 0 spiro atoms. The lowest BCUT2D eigenvalue weighted by Crippen LogP contribution is -2.57. The largest absolute Gasteiger partial charge is 0.457 e. The Kier molecular flexibility index (Phi) is 2.66. The Morgan fingerprint density at radius 2 is 2.46 bits per heavy atom. The molecule has 0 N–H and O–H groups in total. The van der Waals surface area contributed by atoms with Gasteiger partial charge in [0.2, 0.25) is 0 Å². The summed E-state index contributed by atoms with van der Waals surface area (Å²) in [5.74, 6) is -3.61. The van der Waals surface area contributed by atoms with Crippen LogP contribution < -0.4 is 0 Å². The van der Waals surface area contributed by atoms with Crippen LogP contribution in [-0.2, 0) is 14.3 Å². The van der Waals surface area contributed by atoms with Gasteiger partial charge in [-0.1, -0.05) is 6.58 Å². The first-order chi connectivity index (χ1) is 5.97. The first kappa shape index (κ1) is 10.1. The summed E-state index contributed by atoms with van der Waals surface area (Å²) in [7, 11) is 0. The first-order valence-electron chi connectivity index (χ1n) is 3.80. The molecule has 3 nitrogen and oxygen atoms in total. The zero-order chi connectivity index (χ0) is 10.1. The zero-order valence-electron chi connectivity index (χ0n) is 7.13. The van der Waals surface area contributed by atoms with Crippen LogP contribution in [0.25, 0.3) is 0 Å². The van der Waals surface area contributed by atoms with Crippen LogP contribution in [0.3, 0.4) is 0 Å². The second-order valence-electron chi connectivity index (χ2n) is 2.84. The fourth-order valence-corrected chi connectivity index (χ4v) is 1.08. The molecule has 74 valence electrons. The number of carbonyl (C=O) groups is 1. The van der Waals surface area contributed by atoms with Crippen molar-refractivity contribution in [3.63, 3.8) is 0 Å². The maximum atomic E-state index is 12.7. The highest BCUT2D eigenvalue weighted by molar-refractivity contribution is 5.81. The maximum absolute atomic E-state index is 12.7. The molecule has 1 saturated heterocycles. The van der Waals surface area contributed by atoms with Gasteiger partial charge in [0.15, 0.2) is 6.10 Å². The van der Waals surface area contributed by atoms with Crippen LogP contribution in [0.1, 0.15) is 6.92 Å². The summed E-state index contributed by atoms with van der Waals surface area (Å²) in [6.45, 7) is 3.91. The first-order valence-corrected chi connectivity index (χ1v) is 3.80. The van der Waals surface area contributed by atoms with Gasteiger partial charge in [0, 0.05) is 6.08 Å². The minimum atomic E-state index is -2.89. The van der Waals surface area contributed by atoms with Crippen LogP contribution >= 0.6 is 0 Å². The van der Waals surface area contributed by atoms with Crippen molar-refractivity contribution in [2.45, 2.75) is 25.1 Å². The van der Waals surface area contributed by atoms with Crippen molar-refractivity contribution >= 4 is 5.97 Å². The predicted octanol–water partition coefficient (Wildman–Crippen LogP) is 1.14. The quantitative estimate of drug-likeness (QED) is 0.496.